The number of rotatable bonds is 3. The van der Waals surface area contributed by atoms with Crippen LogP contribution in [0.25, 0.3) is 0 Å². The second kappa shape index (κ2) is 4.62. The first kappa shape index (κ1) is 11.7. The lowest BCUT2D eigenvalue weighted by molar-refractivity contribution is -0.150. The second-order valence-electron chi connectivity index (χ2n) is 3.56. The van der Waals surface area contributed by atoms with Gasteiger partial charge in [0.2, 0.25) is 0 Å². The van der Waals surface area contributed by atoms with Crippen molar-refractivity contribution >= 4 is 29.0 Å². The highest BCUT2D eigenvalue weighted by molar-refractivity contribution is 6.35. The summed E-state index contributed by atoms with van der Waals surface area (Å²) in [5.74, 6) is 0.572. The third kappa shape index (κ3) is 2.17. The van der Waals surface area contributed by atoms with Crippen molar-refractivity contribution < 1.29 is 14.3 Å². The third-order valence-corrected chi connectivity index (χ3v) is 3.01. The molecule has 16 heavy (non-hydrogen) atoms. The van der Waals surface area contributed by atoms with Crippen molar-refractivity contribution in [3.63, 3.8) is 0 Å². The van der Waals surface area contributed by atoms with Crippen LogP contribution in [0.2, 0.25) is 10.0 Å². The first-order valence-corrected chi connectivity index (χ1v) is 5.54. The van der Waals surface area contributed by atoms with E-state index in [0.29, 0.717) is 22.2 Å². The van der Waals surface area contributed by atoms with Crippen LogP contribution in [-0.2, 0) is 9.53 Å². The van der Waals surface area contributed by atoms with Gasteiger partial charge in [-0.15, -0.1) is 0 Å². The number of halogens is 2. The lowest BCUT2D eigenvalue weighted by Gasteiger charge is -2.33. The Balaban J connectivity index is 2.07. The van der Waals surface area contributed by atoms with Crippen LogP contribution in [0.15, 0.2) is 18.2 Å². The minimum Gasteiger partial charge on any atom is -0.485 e. The zero-order valence-electron chi connectivity index (χ0n) is 8.57. The maximum atomic E-state index is 11.1. The Kier molecular flexibility index (Phi) is 3.38. The number of ether oxygens (including phenoxy) is 2. The maximum Gasteiger partial charge on any atom is 0.169 e. The molecule has 2 unspecified atom stereocenters. The number of ketones is 1. The molecule has 0 aromatic heterocycles. The minimum atomic E-state index is -0.480. The molecule has 0 aliphatic heterocycles. The molecule has 1 fully saturated rings. The fourth-order valence-electron chi connectivity index (χ4n) is 1.59. The first-order valence-electron chi connectivity index (χ1n) is 4.79. The van der Waals surface area contributed by atoms with Gasteiger partial charge in [0, 0.05) is 18.6 Å². The SMILES string of the molecule is COC1C(=O)CC1Oc1ccc(Cl)cc1Cl. The lowest BCUT2D eigenvalue weighted by atomic mass is 9.90. The average Bonchev–Trinajstić information content (AvgIpc) is 2.21. The van der Waals surface area contributed by atoms with Crippen LogP contribution in [-0.4, -0.2) is 25.1 Å². The molecule has 2 atom stereocenters. The summed E-state index contributed by atoms with van der Waals surface area (Å²) in [5, 5.41) is 0.979. The minimum absolute atomic E-state index is 0.0533. The molecule has 1 aromatic carbocycles. The molecule has 2 rings (SSSR count). The molecule has 1 aliphatic rings. The van der Waals surface area contributed by atoms with Crippen LogP contribution in [0.3, 0.4) is 0 Å². The van der Waals surface area contributed by atoms with Crippen molar-refractivity contribution in [3.05, 3.63) is 28.2 Å². The molecule has 86 valence electrons. The van der Waals surface area contributed by atoms with Crippen LogP contribution in [0.1, 0.15) is 6.42 Å². The molecule has 0 spiro atoms. The Morgan fingerprint density at radius 1 is 1.38 bits per heavy atom. The van der Waals surface area contributed by atoms with E-state index in [4.69, 9.17) is 32.7 Å². The number of carbonyl (C=O) groups is 1. The monoisotopic (exact) mass is 260 g/mol. The normalized spacial score (nSPS) is 24.1. The molecule has 3 nitrogen and oxygen atoms in total. The van der Waals surface area contributed by atoms with Gasteiger partial charge in [-0.3, -0.25) is 4.79 Å². The average molecular weight is 261 g/mol. The molecule has 0 bridgehead atoms. The Hall–Kier alpha value is -0.770. The predicted molar refractivity (Wildman–Crippen MR) is 61.3 cm³/mol. The highest BCUT2D eigenvalue weighted by atomic mass is 35.5. The molecule has 1 aliphatic carbocycles. The van der Waals surface area contributed by atoms with E-state index < -0.39 is 6.10 Å². The lowest BCUT2D eigenvalue weighted by Crippen LogP contribution is -2.51. The molecule has 1 aromatic rings. The van der Waals surface area contributed by atoms with Gasteiger partial charge >= 0.3 is 0 Å². The number of benzene rings is 1. The van der Waals surface area contributed by atoms with Crippen molar-refractivity contribution in [3.8, 4) is 5.75 Å². The largest absolute Gasteiger partial charge is 0.485 e. The van der Waals surface area contributed by atoms with Gasteiger partial charge in [0.1, 0.15) is 11.9 Å². The molecular formula is C11H10Cl2O3. The smallest absolute Gasteiger partial charge is 0.169 e. The van der Waals surface area contributed by atoms with E-state index in [0.717, 1.165) is 0 Å². The maximum absolute atomic E-state index is 11.1. The van der Waals surface area contributed by atoms with Gasteiger partial charge in [-0.1, -0.05) is 23.2 Å². The summed E-state index contributed by atoms with van der Waals surface area (Å²) >= 11 is 11.7. The van der Waals surface area contributed by atoms with Gasteiger partial charge in [-0.2, -0.15) is 0 Å². The standard InChI is InChI=1S/C11H10Cl2O3/c1-15-11-8(14)5-10(11)16-9-3-2-6(12)4-7(9)13/h2-4,10-11H,5H2,1H3. The Morgan fingerprint density at radius 3 is 2.69 bits per heavy atom. The van der Waals surface area contributed by atoms with E-state index in [2.05, 4.69) is 0 Å². The number of methoxy groups -OCH3 is 1. The molecule has 0 saturated heterocycles. The summed E-state index contributed by atoms with van der Waals surface area (Å²) in [6.07, 6.45) is -0.375. The Bertz CT molecular complexity index is 420. The quantitative estimate of drug-likeness (QED) is 0.839. The van der Waals surface area contributed by atoms with Gasteiger partial charge in [-0.05, 0) is 18.2 Å². The van der Waals surface area contributed by atoms with Crippen molar-refractivity contribution in [2.45, 2.75) is 18.6 Å². The number of hydrogen-bond acceptors (Lipinski definition) is 3. The summed E-state index contributed by atoms with van der Waals surface area (Å²) in [4.78, 5) is 11.1. The molecule has 0 N–H and O–H groups in total. The summed E-state index contributed by atoms with van der Waals surface area (Å²) in [6, 6.07) is 4.96. The molecule has 0 radical (unpaired) electrons. The number of Topliss-reactive ketones (excluding diaryl/α,β-unsaturated/α-hetero) is 1. The predicted octanol–water partition coefficient (Wildman–Crippen LogP) is 2.73. The molecule has 1 saturated carbocycles. The molecular weight excluding hydrogens is 251 g/mol. The van der Waals surface area contributed by atoms with E-state index in [1.807, 2.05) is 0 Å². The highest BCUT2D eigenvalue weighted by Gasteiger charge is 2.42. The van der Waals surface area contributed by atoms with Gasteiger partial charge in [-0.25, -0.2) is 0 Å². The van der Waals surface area contributed by atoms with Gasteiger partial charge in [0.15, 0.2) is 11.9 Å². The zero-order chi connectivity index (χ0) is 11.7. The summed E-state index contributed by atoms with van der Waals surface area (Å²) < 4.78 is 10.6. The van der Waals surface area contributed by atoms with Gasteiger partial charge < -0.3 is 9.47 Å². The molecule has 5 heteroatoms. The summed E-state index contributed by atoms with van der Waals surface area (Å²) in [6.45, 7) is 0. The fraction of sp³-hybridized carbons (Fsp3) is 0.364. The summed E-state index contributed by atoms with van der Waals surface area (Å²) in [7, 11) is 1.49. The van der Waals surface area contributed by atoms with Crippen LogP contribution < -0.4 is 4.74 Å². The summed E-state index contributed by atoms with van der Waals surface area (Å²) in [5.41, 5.74) is 0. The Morgan fingerprint density at radius 2 is 2.12 bits per heavy atom. The molecule has 0 amide bonds. The molecule has 0 heterocycles. The highest BCUT2D eigenvalue weighted by Crippen LogP contribution is 2.32. The van der Waals surface area contributed by atoms with Crippen LogP contribution in [0.5, 0.6) is 5.75 Å². The Labute approximate surface area is 103 Å². The van der Waals surface area contributed by atoms with Crippen molar-refractivity contribution in [2.75, 3.05) is 7.11 Å². The zero-order valence-corrected chi connectivity index (χ0v) is 10.1. The van der Waals surface area contributed by atoms with Crippen molar-refractivity contribution in [1.29, 1.82) is 0 Å². The van der Waals surface area contributed by atoms with Gasteiger partial charge in [0.05, 0.1) is 5.02 Å². The van der Waals surface area contributed by atoms with E-state index in [1.165, 1.54) is 7.11 Å². The van der Waals surface area contributed by atoms with Gasteiger partial charge in [0.25, 0.3) is 0 Å². The van der Waals surface area contributed by atoms with E-state index in [1.54, 1.807) is 18.2 Å². The second-order valence-corrected chi connectivity index (χ2v) is 4.40. The van der Waals surface area contributed by atoms with Crippen LogP contribution >= 0.6 is 23.2 Å². The third-order valence-electron chi connectivity index (χ3n) is 2.48. The number of carbonyl (C=O) groups excluding carboxylic acids is 1. The van der Waals surface area contributed by atoms with E-state index >= 15 is 0 Å². The van der Waals surface area contributed by atoms with Crippen LogP contribution in [0, 0.1) is 0 Å². The number of hydrogen-bond donors (Lipinski definition) is 0. The van der Waals surface area contributed by atoms with Crippen molar-refractivity contribution in [2.24, 2.45) is 0 Å². The van der Waals surface area contributed by atoms with E-state index in [9.17, 15) is 4.79 Å². The topological polar surface area (TPSA) is 35.5 Å². The van der Waals surface area contributed by atoms with Crippen LogP contribution in [0.4, 0.5) is 0 Å². The van der Waals surface area contributed by atoms with Crippen molar-refractivity contribution in [1.82, 2.24) is 0 Å². The van der Waals surface area contributed by atoms with E-state index in [-0.39, 0.29) is 11.9 Å². The fourth-order valence-corrected chi connectivity index (χ4v) is 2.04. The first-order chi connectivity index (χ1) is 7.61.